The summed E-state index contributed by atoms with van der Waals surface area (Å²) in [5.41, 5.74) is 0.853. The molecule has 26 heavy (non-hydrogen) atoms. The Kier molecular flexibility index (Phi) is 7.32. The van der Waals surface area contributed by atoms with E-state index in [1.165, 1.54) is 18.2 Å². The number of sulfonamides is 1. The smallest absolute Gasteiger partial charge is 0.245 e. The molecule has 0 aliphatic rings. The van der Waals surface area contributed by atoms with Gasteiger partial charge < -0.3 is 5.32 Å². The van der Waals surface area contributed by atoms with Crippen LogP contribution in [-0.4, -0.2) is 31.7 Å². The van der Waals surface area contributed by atoms with E-state index in [9.17, 15) is 13.2 Å². The molecule has 0 aliphatic carbocycles. The molecule has 0 saturated heterocycles. The lowest BCUT2D eigenvalue weighted by Crippen LogP contribution is -2.40. The van der Waals surface area contributed by atoms with Crippen molar-refractivity contribution in [3.63, 3.8) is 0 Å². The van der Waals surface area contributed by atoms with Crippen LogP contribution in [0.4, 0.5) is 0 Å². The van der Waals surface area contributed by atoms with Crippen molar-refractivity contribution < 1.29 is 13.2 Å². The third kappa shape index (κ3) is 5.34. The minimum Gasteiger partial charge on any atom is -0.351 e. The first-order valence-corrected chi connectivity index (χ1v) is 10.3. The summed E-state index contributed by atoms with van der Waals surface area (Å²) in [6, 6.07) is 11.2. The van der Waals surface area contributed by atoms with Gasteiger partial charge >= 0.3 is 0 Å². The van der Waals surface area contributed by atoms with Gasteiger partial charge in [0.05, 0.1) is 11.6 Å². The molecule has 0 bridgehead atoms. The molecule has 0 aromatic heterocycles. The van der Waals surface area contributed by atoms with Crippen LogP contribution in [-0.2, 0) is 21.4 Å². The number of nitrogens with zero attached hydrogens (tertiary/aromatic N) is 1. The summed E-state index contributed by atoms with van der Waals surface area (Å²) >= 11 is 17.7. The van der Waals surface area contributed by atoms with Gasteiger partial charge in [0.2, 0.25) is 15.9 Å². The molecule has 0 atom stereocenters. The molecular weight excluding hydrogens is 419 g/mol. The average molecular weight is 436 g/mol. The van der Waals surface area contributed by atoms with Crippen LogP contribution in [0.2, 0.25) is 15.1 Å². The Labute approximate surface area is 167 Å². The van der Waals surface area contributed by atoms with E-state index in [1.807, 2.05) is 0 Å². The van der Waals surface area contributed by atoms with E-state index < -0.39 is 15.9 Å². The zero-order chi connectivity index (χ0) is 19.3. The van der Waals surface area contributed by atoms with Crippen LogP contribution >= 0.6 is 34.8 Å². The monoisotopic (exact) mass is 434 g/mol. The Morgan fingerprint density at radius 2 is 1.65 bits per heavy atom. The van der Waals surface area contributed by atoms with Gasteiger partial charge in [-0.2, -0.15) is 4.31 Å². The minimum absolute atomic E-state index is 0.0504. The SMILES string of the molecule is CCN(CC(=O)NCc1ccc(Cl)cc1)S(=O)(=O)c1cc(Cl)ccc1Cl. The van der Waals surface area contributed by atoms with E-state index in [4.69, 9.17) is 34.8 Å². The van der Waals surface area contributed by atoms with E-state index in [0.29, 0.717) is 5.02 Å². The van der Waals surface area contributed by atoms with Gasteiger partial charge in [0.1, 0.15) is 4.90 Å². The highest BCUT2D eigenvalue weighted by Gasteiger charge is 2.27. The van der Waals surface area contributed by atoms with Crippen molar-refractivity contribution in [1.82, 2.24) is 9.62 Å². The predicted octanol–water partition coefficient (Wildman–Crippen LogP) is 3.97. The lowest BCUT2D eigenvalue weighted by Gasteiger charge is -2.21. The van der Waals surface area contributed by atoms with E-state index >= 15 is 0 Å². The maximum atomic E-state index is 12.8. The quantitative estimate of drug-likeness (QED) is 0.715. The number of hydrogen-bond donors (Lipinski definition) is 1. The molecule has 0 aliphatic heterocycles. The summed E-state index contributed by atoms with van der Waals surface area (Å²) < 4.78 is 26.6. The molecule has 1 amide bonds. The van der Waals surface area contributed by atoms with Crippen LogP contribution in [0.3, 0.4) is 0 Å². The summed E-state index contributed by atoms with van der Waals surface area (Å²) in [6.45, 7) is 1.70. The lowest BCUT2D eigenvalue weighted by atomic mass is 10.2. The van der Waals surface area contributed by atoms with E-state index in [2.05, 4.69) is 5.32 Å². The number of likely N-dealkylation sites (N-methyl/N-ethyl adjacent to an activating group) is 1. The average Bonchev–Trinajstić information content (AvgIpc) is 2.61. The first-order valence-electron chi connectivity index (χ1n) is 7.70. The summed E-state index contributed by atoms with van der Waals surface area (Å²) in [5, 5.41) is 3.58. The van der Waals surface area contributed by atoms with Crippen molar-refractivity contribution in [1.29, 1.82) is 0 Å². The van der Waals surface area contributed by atoms with Gasteiger partial charge in [0.25, 0.3) is 0 Å². The van der Waals surface area contributed by atoms with Gasteiger partial charge in [-0.25, -0.2) is 8.42 Å². The Balaban J connectivity index is 2.08. The van der Waals surface area contributed by atoms with E-state index in [0.717, 1.165) is 9.87 Å². The second-order valence-corrected chi connectivity index (χ2v) is 8.60. The van der Waals surface area contributed by atoms with Crippen molar-refractivity contribution >= 4 is 50.7 Å². The van der Waals surface area contributed by atoms with Crippen LogP contribution in [0.1, 0.15) is 12.5 Å². The number of carbonyl (C=O) groups is 1. The zero-order valence-corrected chi connectivity index (χ0v) is 17.0. The Hall–Kier alpha value is -1.31. The highest BCUT2D eigenvalue weighted by atomic mass is 35.5. The fourth-order valence-corrected chi connectivity index (χ4v) is 4.47. The first-order chi connectivity index (χ1) is 12.2. The number of amides is 1. The second kappa shape index (κ2) is 9.06. The molecule has 0 unspecified atom stereocenters. The summed E-state index contributed by atoms with van der Waals surface area (Å²) in [7, 11) is -3.95. The molecule has 2 aromatic carbocycles. The van der Waals surface area contributed by atoms with Gasteiger partial charge in [0, 0.05) is 23.1 Å². The van der Waals surface area contributed by atoms with E-state index in [1.54, 1.807) is 31.2 Å². The van der Waals surface area contributed by atoms with Crippen molar-refractivity contribution in [3.8, 4) is 0 Å². The molecule has 0 saturated carbocycles. The van der Waals surface area contributed by atoms with Crippen LogP contribution in [0.15, 0.2) is 47.4 Å². The number of carbonyl (C=O) groups excluding carboxylic acids is 1. The number of rotatable bonds is 7. The largest absolute Gasteiger partial charge is 0.351 e. The van der Waals surface area contributed by atoms with Crippen LogP contribution in [0.25, 0.3) is 0 Å². The van der Waals surface area contributed by atoms with Crippen LogP contribution in [0.5, 0.6) is 0 Å². The summed E-state index contributed by atoms with van der Waals surface area (Å²) in [6.07, 6.45) is 0. The zero-order valence-electron chi connectivity index (χ0n) is 13.9. The Bertz CT molecular complexity index is 887. The molecule has 9 heteroatoms. The molecule has 5 nitrogen and oxygen atoms in total. The van der Waals surface area contributed by atoms with Gasteiger partial charge in [-0.15, -0.1) is 0 Å². The molecule has 1 N–H and O–H groups in total. The van der Waals surface area contributed by atoms with E-state index in [-0.39, 0.29) is 34.6 Å². The normalized spacial score (nSPS) is 11.6. The van der Waals surface area contributed by atoms with Crippen molar-refractivity contribution in [2.45, 2.75) is 18.4 Å². The Morgan fingerprint density at radius 3 is 2.27 bits per heavy atom. The highest BCUT2D eigenvalue weighted by Crippen LogP contribution is 2.27. The number of halogens is 3. The van der Waals surface area contributed by atoms with Gasteiger partial charge in [-0.3, -0.25) is 4.79 Å². The standard InChI is InChI=1S/C17H17Cl3N2O3S/c1-2-22(26(24,25)16-9-14(19)7-8-15(16)20)11-17(23)21-10-12-3-5-13(18)6-4-12/h3-9H,2,10-11H2,1H3,(H,21,23). The Morgan fingerprint density at radius 1 is 1.04 bits per heavy atom. The predicted molar refractivity (Wildman–Crippen MR) is 104 cm³/mol. The summed E-state index contributed by atoms with van der Waals surface area (Å²) in [4.78, 5) is 12.1. The van der Waals surface area contributed by atoms with Crippen molar-refractivity contribution in [3.05, 3.63) is 63.1 Å². The maximum Gasteiger partial charge on any atom is 0.245 e. The molecule has 140 valence electrons. The molecule has 2 aromatic rings. The number of nitrogens with one attached hydrogen (secondary N) is 1. The molecule has 0 heterocycles. The third-order valence-corrected chi connectivity index (χ3v) is 6.48. The number of hydrogen-bond acceptors (Lipinski definition) is 3. The molecule has 2 rings (SSSR count). The fraction of sp³-hybridized carbons (Fsp3) is 0.235. The van der Waals surface area contributed by atoms with Crippen LogP contribution in [0, 0.1) is 0 Å². The van der Waals surface area contributed by atoms with Gasteiger partial charge in [-0.05, 0) is 35.9 Å². The highest BCUT2D eigenvalue weighted by molar-refractivity contribution is 7.89. The summed E-state index contributed by atoms with van der Waals surface area (Å²) in [5.74, 6) is -0.427. The second-order valence-electron chi connectivity index (χ2n) is 5.41. The topological polar surface area (TPSA) is 66.5 Å². The van der Waals surface area contributed by atoms with Crippen molar-refractivity contribution in [2.75, 3.05) is 13.1 Å². The molecular formula is C17H17Cl3N2O3S. The van der Waals surface area contributed by atoms with Crippen LogP contribution < -0.4 is 5.32 Å². The first kappa shape index (κ1) is 21.0. The molecule has 0 spiro atoms. The fourth-order valence-electron chi connectivity index (χ4n) is 2.20. The van der Waals surface area contributed by atoms with Gasteiger partial charge in [-0.1, -0.05) is 53.9 Å². The molecule has 0 radical (unpaired) electrons. The van der Waals surface area contributed by atoms with Crippen molar-refractivity contribution in [2.24, 2.45) is 0 Å². The van der Waals surface area contributed by atoms with Gasteiger partial charge in [0.15, 0.2) is 0 Å². The minimum atomic E-state index is -3.95. The third-order valence-electron chi connectivity index (χ3n) is 3.59. The lowest BCUT2D eigenvalue weighted by molar-refractivity contribution is -0.121. The number of benzene rings is 2. The maximum absolute atomic E-state index is 12.8. The molecule has 0 fully saturated rings.